The number of ketones is 1. The Hall–Kier alpha value is -2.10. The molecule has 2 aliphatic rings. The van der Waals surface area contributed by atoms with Crippen LogP contribution in [-0.2, 0) is 14.6 Å². The highest BCUT2D eigenvalue weighted by molar-refractivity contribution is 7.92. The zero-order valence-corrected chi connectivity index (χ0v) is 15.7. The van der Waals surface area contributed by atoms with Gasteiger partial charge < -0.3 is 10.5 Å². The molecule has 154 valence electrons. The molecule has 1 amide bonds. The lowest BCUT2D eigenvalue weighted by atomic mass is 9.81. The van der Waals surface area contributed by atoms with Gasteiger partial charge in [-0.3, -0.25) is 9.59 Å². The van der Waals surface area contributed by atoms with Crippen LogP contribution in [0.3, 0.4) is 0 Å². The number of carbonyl (C=O) groups excluding carboxylic acids is 2. The molecule has 0 spiro atoms. The molecule has 1 saturated carbocycles. The molecule has 10 heteroatoms. The summed E-state index contributed by atoms with van der Waals surface area (Å²) in [5, 5.41) is 0. The Kier molecular flexibility index (Phi) is 5.20. The second-order valence-electron chi connectivity index (χ2n) is 7.71. The average Bonchev–Trinajstić information content (AvgIpc) is 3.33. The van der Waals surface area contributed by atoms with Gasteiger partial charge in [-0.15, -0.1) is 0 Å². The van der Waals surface area contributed by atoms with Crippen molar-refractivity contribution in [3.63, 3.8) is 0 Å². The third-order valence-electron chi connectivity index (χ3n) is 4.88. The smallest absolute Gasteiger partial charge is 0.422 e. The van der Waals surface area contributed by atoms with Gasteiger partial charge in [0.15, 0.2) is 22.2 Å². The molecule has 1 saturated heterocycles. The van der Waals surface area contributed by atoms with Gasteiger partial charge >= 0.3 is 6.18 Å². The van der Waals surface area contributed by atoms with Crippen LogP contribution in [0.2, 0.25) is 0 Å². The molecular formula is C18H20F3NO5S. The number of ether oxygens (including phenoxy) is 1. The number of halogens is 3. The number of alkyl halides is 3. The second kappa shape index (κ2) is 7.06. The minimum absolute atomic E-state index is 0.0101. The first-order valence-electron chi connectivity index (χ1n) is 8.74. The number of sulfone groups is 1. The summed E-state index contributed by atoms with van der Waals surface area (Å²) in [4.78, 5) is 24.0. The Bertz CT molecular complexity index is 894. The van der Waals surface area contributed by atoms with E-state index in [1.807, 2.05) is 0 Å². The number of nitrogens with two attached hydrogens (primary N) is 1. The molecule has 0 atom stereocenters. The third kappa shape index (κ3) is 5.03. The largest absolute Gasteiger partial charge is 0.484 e. The first-order chi connectivity index (χ1) is 12.9. The van der Waals surface area contributed by atoms with E-state index < -0.39 is 39.7 Å². The number of benzene rings is 1. The van der Waals surface area contributed by atoms with E-state index in [-0.39, 0.29) is 41.6 Å². The number of carbonyl (C=O) groups is 2. The predicted molar refractivity (Wildman–Crippen MR) is 93.8 cm³/mol. The third-order valence-corrected chi connectivity index (χ3v) is 6.99. The molecule has 2 fully saturated rings. The van der Waals surface area contributed by atoms with Crippen molar-refractivity contribution in [1.29, 1.82) is 0 Å². The van der Waals surface area contributed by atoms with E-state index in [1.165, 1.54) is 12.1 Å². The van der Waals surface area contributed by atoms with Crippen LogP contribution >= 0.6 is 0 Å². The number of Topliss-reactive ketones (excluding diaryl/α,β-unsaturated/α-hetero) is 1. The molecule has 1 heterocycles. The fraction of sp³-hybridized carbons (Fsp3) is 0.556. The van der Waals surface area contributed by atoms with Crippen LogP contribution in [0, 0.1) is 5.41 Å². The topological polar surface area (TPSA) is 104 Å². The maximum atomic E-state index is 12.7. The van der Waals surface area contributed by atoms with Crippen molar-refractivity contribution in [2.24, 2.45) is 11.1 Å². The zero-order chi connectivity index (χ0) is 20.7. The Labute approximate surface area is 160 Å². The number of amides is 1. The molecule has 0 aromatic heterocycles. The SMILES string of the molecule is NC(=O)CC1(CC(=O)c2ccc(C3CC3)c(OCC(F)(F)F)c2)CS(=O)(=O)C1. The van der Waals surface area contributed by atoms with Crippen molar-refractivity contribution >= 4 is 21.5 Å². The van der Waals surface area contributed by atoms with Crippen LogP contribution in [0.25, 0.3) is 0 Å². The van der Waals surface area contributed by atoms with Crippen LogP contribution in [0.5, 0.6) is 5.75 Å². The molecule has 2 N–H and O–H groups in total. The summed E-state index contributed by atoms with van der Waals surface area (Å²) < 4.78 is 65.6. The number of hydrogen-bond acceptors (Lipinski definition) is 5. The monoisotopic (exact) mass is 419 g/mol. The van der Waals surface area contributed by atoms with E-state index in [1.54, 1.807) is 6.07 Å². The molecular weight excluding hydrogens is 399 g/mol. The molecule has 6 nitrogen and oxygen atoms in total. The molecule has 1 aliphatic heterocycles. The van der Waals surface area contributed by atoms with Gasteiger partial charge in [0.1, 0.15) is 5.75 Å². The van der Waals surface area contributed by atoms with Crippen LogP contribution in [0.1, 0.15) is 47.5 Å². The number of primary amides is 1. The summed E-state index contributed by atoms with van der Waals surface area (Å²) in [6, 6.07) is 4.35. The Morgan fingerprint density at radius 3 is 2.32 bits per heavy atom. The van der Waals surface area contributed by atoms with E-state index in [9.17, 15) is 31.2 Å². The summed E-state index contributed by atoms with van der Waals surface area (Å²) in [7, 11) is -3.32. The maximum Gasteiger partial charge on any atom is 0.422 e. The summed E-state index contributed by atoms with van der Waals surface area (Å²) in [6.07, 6.45) is -3.29. The van der Waals surface area contributed by atoms with Crippen molar-refractivity contribution in [2.45, 2.75) is 37.8 Å². The lowest BCUT2D eigenvalue weighted by molar-refractivity contribution is -0.153. The summed E-state index contributed by atoms with van der Waals surface area (Å²) in [6.45, 7) is -1.46. The van der Waals surface area contributed by atoms with E-state index in [0.717, 1.165) is 12.8 Å². The predicted octanol–water partition coefficient (Wildman–Crippen LogP) is 2.37. The van der Waals surface area contributed by atoms with E-state index >= 15 is 0 Å². The first-order valence-corrected chi connectivity index (χ1v) is 10.6. The lowest BCUT2D eigenvalue weighted by Gasteiger charge is -2.39. The number of hydrogen-bond donors (Lipinski definition) is 1. The highest BCUT2D eigenvalue weighted by Gasteiger charge is 2.50. The van der Waals surface area contributed by atoms with Crippen molar-refractivity contribution in [3.8, 4) is 5.75 Å². The second-order valence-corrected chi connectivity index (χ2v) is 9.77. The van der Waals surface area contributed by atoms with Crippen LogP contribution in [-0.4, -0.2) is 44.4 Å². The lowest BCUT2D eigenvalue weighted by Crippen LogP contribution is -2.51. The summed E-state index contributed by atoms with van der Waals surface area (Å²) in [5.41, 5.74) is 4.88. The molecule has 0 bridgehead atoms. The average molecular weight is 419 g/mol. The van der Waals surface area contributed by atoms with Gasteiger partial charge in [-0.1, -0.05) is 12.1 Å². The molecule has 3 rings (SSSR count). The standard InChI is InChI=1S/C18H20F3NO5S/c19-18(20,21)8-27-15-5-12(3-4-13(15)11-1-2-11)14(23)6-17(7-16(22)24)9-28(25,26)10-17/h3-5,11H,1-2,6-10H2,(H2,22,24). The molecule has 28 heavy (non-hydrogen) atoms. The van der Waals surface area contributed by atoms with Crippen molar-refractivity contribution in [1.82, 2.24) is 0 Å². The molecule has 0 unspecified atom stereocenters. The minimum Gasteiger partial charge on any atom is -0.484 e. The van der Waals surface area contributed by atoms with Gasteiger partial charge in [-0.05, 0) is 30.4 Å². The molecule has 1 aromatic rings. The highest BCUT2D eigenvalue weighted by Crippen LogP contribution is 2.45. The van der Waals surface area contributed by atoms with Crippen LogP contribution in [0.15, 0.2) is 18.2 Å². The van der Waals surface area contributed by atoms with Crippen LogP contribution < -0.4 is 10.5 Å². The zero-order valence-electron chi connectivity index (χ0n) is 14.9. The van der Waals surface area contributed by atoms with Gasteiger partial charge in [0.25, 0.3) is 0 Å². The van der Waals surface area contributed by atoms with Gasteiger partial charge in [0.05, 0.1) is 11.5 Å². The van der Waals surface area contributed by atoms with Gasteiger partial charge in [-0.2, -0.15) is 13.2 Å². The summed E-state index contributed by atoms with van der Waals surface area (Å²) in [5.74, 6) is -1.67. The van der Waals surface area contributed by atoms with E-state index in [2.05, 4.69) is 0 Å². The van der Waals surface area contributed by atoms with Crippen molar-refractivity contribution in [3.05, 3.63) is 29.3 Å². The Morgan fingerprint density at radius 1 is 1.18 bits per heavy atom. The van der Waals surface area contributed by atoms with Crippen molar-refractivity contribution < 1.29 is 35.9 Å². The first kappa shape index (κ1) is 20.6. The van der Waals surface area contributed by atoms with E-state index in [4.69, 9.17) is 10.5 Å². The molecule has 1 aromatic carbocycles. The fourth-order valence-electron chi connectivity index (χ4n) is 3.69. The molecule has 1 aliphatic carbocycles. The Morgan fingerprint density at radius 2 is 1.82 bits per heavy atom. The Balaban J connectivity index is 1.80. The summed E-state index contributed by atoms with van der Waals surface area (Å²) >= 11 is 0. The minimum atomic E-state index is -4.51. The van der Waals surface area contributed by atoms with E-state index in [0.29, 0.717) is 5.56 Å². The molecule has 0 radical (unpaired) electrons. The van der Waals surface area contributed by atoms with Gasteiger partial charge in [0, 0.05) is 23.8 Å². The normalized spacial score (nSPS) is 20.2. The van der Waals surface area contributed by atoms with Crippen LogP contribution in [0.4, 0.5) is 13.2 Å². The fourth-order valence-corrected chi connectivity index (χ4v) is 5.88. The maximum absolute atomic E-state index is 12.7. The number of rotatable bonds is 8. The highest BCUT2D eigenvalue weighted by atomic mass is 32.2. The quantitative estimate of drug-likeness (QED) is 0.652. The van der Waals surface area contributed by atoms with Crippen molar-refractivity contribution in [2.75, 3.05) is 18.1 Å². The van der Waals surface area contributed by atoms with Gasteiger partial charge in [-0.25, -0.2) is 8.42 Å². The van der Waals surface area contributed by atoms with Gasteiger partial charge in [0.2, 0.25) is 5.91 Å².